The summed E-state index contributed by atoms with van der Waals surface area (Å²) in [5.74, 6) is -0.0679. The van der Waals surface area contributed by atoms with Gasteiger partial charge in [-0.1, -0.05) is 66.2 Å². The van der Waals surface area contributed by atoms with Crippen LogP contribution in [0.5, 0.6) is 0 Å². The van der Waals surface area contributed by atoms with Crippen molar-refractivity contribution in [3.63, 3.8) is 0 Å². The number of carbonyl (C=O) groups excluding carboxylic acids is 1. The number of anilines is 2. The summed E-state index contributed by atoms with van der Waals surface area (Å²) in [6, 6.07) is 25.9. The first kappa shape index (κ1) is 15.8. The largest absolute Gasteiger partial charge is 0.376 e. The average molecular weight is 316 g/mol. The maximum atomic E-state index is 12.1. The van der Waals surface area contributed by atoms with E-state index in [9.17, 15) is 4.79 Å². The van der Waals surface area contributed by atoms with Gasteiger partial charge in [-0.15, -0.1) is 0 Å². The van der Waals surface area contributed by atoms with E-state index in [1.165, 1.54) is 5.56 Å². The predicted octanol–water partition coefficient (Wildman–Crippen LogP) is 4.71. The highest BCUT2D eigenvalue weighted by atomic mass is 16.1. The van der Waals surface area contributed by atoms with Gasteiger partial charge < -0.3 is 10.6 Å². The number of carbonyl (C=O) groups is 1. The van der Waals surface area contributed by atoms with E-state index in [1.54, 1.807) is 0 Å². The number of benzene rings is 3. The van der Waals surface area contributed by atoms with Gasteiger partial charge in [-0.3, -0.25) is 4.79 Å². The topological polar surface area (TPSA) is 41.1 Å². The zero-order valence-electron chi connectivity index (χ0n) is 13.6. The molecule has 1 amide bonds. The van der Waals surface area contributed by atoms with E-state index in [2.05, 4.69) is 28.8 Å². The molecule has 0 fully saturated rings. The quantitative estimate of drug-likeness (QED) is 0.715. The van der Waals surface area contributed by atoms with Gasteiger partial charge >= 0.3 is 0 Å². The van der Waals surface area contributed by atoms with E-state index in [-0.39, 0.29) is 12.5 Å². The summed E-state index contributed by atoms with van der Waals surface area (Å²) in [7, 11) is 0. The van der Waals surface area contributed by atoms with Crippen LogP contribution in [0.15, 0.2) is 78.9 Å². The van der Waals surface area contributed by atoms with Crippen molar-refractivity contribution < 1.29 is 4.79 Å². The van der Waals surface area contributed by atoms with Gasteiger partial charge in [-0.2, -0.15) is 0 Å². The molecule has 24 heavy (non-hydrogen) atoms. The Bertz CT molecular complexity index is 811. The normalized spacial score (nSPS) is 10.2. The number of para-hydroxylation sites is 1. The molecule has 3 aromatic rings. The third-order valence-electron chi connectivity index (χ3n) is 3.79. The minimum Gasteiger partial charge on any atom is -0.376 e. The van der Waals surface area contributed by atoms with Crippen LogP contribution in [0.25, 0.3) is 11.1 Å². The van der Waals surface area contributed by atoms with Crippen LogP contribution in [0.2, 0.25) is 0 Å². The van der Waals surface area contributed by atoms with Crippen molar-refractivity contribution in [3.8, 4) is 11.1 Å². The molecular weight excluding hydrogens is 296 g/mol. The lowest BCUT2D eigenvalue weighted by atomic mass is 10.0. The molecule has 2 N–H and O–H groups in total. The Hall–Kier alpha value is -3.07. The lowest BCUT2D eigenvalue weighted by Crippen LogP contribution is -2.21. The third-order valence-corrected chi connectivity index (χ3v) is 3.79. The molecule has 3 nitrogen and oxygen atoms in total. The van der Waals surface area contributed by atoms with Crippen molar-refractivity contribution in [2.45, 2.75) is 6.92 Å². The van der Waals surface area contributed by atoms with E-state index in [0.29, 0.717) is 0 Å². The van der Waals surface area contributed by atoms with E-state index >= 15 is 0 Å². The van der Waals surface area contributed by atoms with Gasteiger partial charge in [0.05, 0.1) is 6.54 Å². The van der Waals surface area contributed by atoms with Gasteiger partial charge in [0.2, 0.25) is 5.91 Å². The molecule has 0 heterocycles. The molecular formula is C21H20N2O. The highest BCUT2D eigenvalue weighted by molar-refractivity contribution is 5.94. The SMILES string of the molecule is Cc1ccc(NC(=O)CNc2ccccc2-c2ccccc2)cc1. The second kappa shape index (κ2) is 7.47. The molecule has 3 rings (SSSR count). The van der Waals surface area contributed by atoms with E-state index < -0.39 is 0 Å². The molecule has 0 radical (unpaired) electrons. The van der Waals surface area contributed by atoms with Crippen LogP contribution in [-0.4, -0.2) is 12.5 Å². The van der Waals surface area contributed by atoms with E-state index in [1.807, 2.05) is 67.6 Å². The van der Waals surface area contributed by atoms with Gasteiger partial charge in [0, 0.05) is 16.9 Å². The first-order valence-corrected chi connectivity index (χ1v) is 7.97. The molecule has 0 spiro atoms. The fourth-order valence-electron chi connectivity index (χ4n) is 2.52. The summed E-state index contributed by atoms with van der Waals surface area (Å²) < 4.78 is 0. The number of nitrogens with one attached hydrogen (secondary N) is 2. The first-order valence-electron chi connectivity index (χ1n) is 7.97. The molecule has 0 aromatic heterocycles. The monoisotopic (exact) mass is 316 g/mol. The Kier molecular flexibility index (Phi) is 4.92. The van der Waals surface area contributed by atoms with Gasteiger partial charge in [0.25, 0.3) is 0 Å². The standard InChI is InChI=1S/C21H20N2O/c1-16-11-13-18(14-12-16)23-21(24)15-22-20-10-6-5-9-19(20)17-7-3-2-4-8-17/h2-14,22H,15H2,1H3,(H,23,24). The first-order chi connectivity index (χ1) is 11.7. The fraction of sp³-hybridized carbons (Fsp3) is 0.0952. The lowest BCUT2D eigenvalue weighted by molar-refractivity contribution is -0.114. The van der Waals surface area contributed by atoms with E-state index in [0.717, 1.165) is 22.5 Å². The fourth-order valence-corrected chi connectivity index (χ4v) is 2.52. The van der Waals surface area contributed by atoms with Crippen LogP contribution in [0.1, 0.15) is 5.56 Å². The Morgan fingerprint density at radius 3 is 2.25 bits per heavy atom. The minimum absolute atomic E-state index is 0.0679. The van der Waals surface area contributed by atoms with Crippen LogP contribution >= 0.6 is 0 Å². The van der Waals surface area contributed by atoms with Crippen LogP contribution in [0.4, 0.5) is 11.4 Å². The van der Waals surface area contributed by atoms with Gasteiger partial charge in [-0.25, -0.2) is 0 Å². The number of amides is 1. The molecule has 0 bridgehead atoms. The summed E-state index contributed by atoms with van der Waals surface area (Å²) in [4.78, 5) is 12.1. The number of hydrogen-bond donors (Lipinski definition) is 2. The molecule has 0 aliphatic heterocycles. The summed E-state index contributed by atoms with van der Waals surface area (Å²) in [6.07, 6.45) is 0. The molecule has 0 aliphatic rings. The number of hydrogen-bond acceptors (Lipinski definition) is 2. The van der Waals surface area contributed by atoms with Crippen LogP contribution in [0.3, 0.4) is 0 Å². The zero-order chi connectivity index (χ0) is 16.8. The van der Waals surface area contributed by atoms with Crippen molar-refractivity contribution in [1.82, 2.24) is 0 Å². The van der Waals surface area contributed by atoms with Crippen molar-refractivity contribution in [3.05, 3.63) is 84.4 Å². The van der Waals surface area contributed by atoms with Gasteiger partial charge in [0.15, 0.2) is 0 Å². The van der Waals surface area contributed by atoms with Gasteiger partial charge in [-0.05, 0) is 30.7 Å². The molecule has 3 aromatic carbocycles. The predicted molar refractivity (Wildman–Crippen MR) is 100 cm³/mol. The second-order valence-electron chi connectivity index (χ2n) is 5.68. The van der Waals surface area contributed by atoms with E-state index in [4.69, 9.17) is 0 Å². The van der Waals surface area contributed by atoms with Crippen LogP contribution in [0, 0.1) is 6.92 Å². The minimum atomic E-state index is -0.0679. The maximum Gasteiger partial charge on any atom is 0.243 e. The molecule has 0 saturated heterocycles. The lowest BCUT2D eigenvalue weighted by Gasteiger charge is -2.12. The van der Waals surface area contributed by atoms with Crippen LogP contribution < -0.4 is 10.6 Å². The zero-order valence-corrected chi connectivity index (χ0v) is 13.6. The maximum absolute atomic E-state index is 12.1. The Morgan fingerprint density at radius 1 is 0.833 bits per heavy atom. The molecule has 0 saturated carbocycles. The summed E-state index contributed by atoms with van der Waals surface area (Å²) >= 11 is 0. The number of rotatable bonds is 5. The molecule has 3 heteroatoms. The Labute approximate surface area is 142 Å². The highest BCUT2D eigenvalue weighted by Crippen LogP contribution is 2.27. The molecule has 0 unspecified atom stereocenters. The Morgan fingerprint density at radius 2 is 1.50 bits per heavy atom. The van der Waals surface area contributed by atoms with Gasteiger partial charge in [0.1, 0.15) is 0 Å². The van der Waals surface area contributed by atoms with Crippen molar-refractivity contribution in [1.29, 1.82) is 0 Å². The van der Waals surface area contributed by atoms with Crippen molar-refractivity contribution >= 4 is 17.3 Å². The molecule has 120 valence electrons. The second-order valence-corrected chi connectivity index (χ2v) is 5.68. The summed E-state index contributed by atoms with van der Waals surface area (Å²) in [5.41, 5.74) is 5.13. The van der Waals surface area contributed by atoms with Crippen LogP contribution in [-0.2, 0) is 4.79 Å². The molecule has 0 atom stereocenters. The van der Waals surface area contributed by atoms with Crippen molar-refractivity contribution in [2.24, 2.45) is 0 Å². The molecule has 0 aliphatic carbocycles. The highest BCUT2D eigenvalue weighted by Gasteiger charge is 2.06. The summed E-state index contributed by atoms with van der Waals surface area (Å²) in [5, 5.41) is 6.13. The summed E-state index contributed by atoms with van der Waals surface area (Å²) in [6.45, 7) is 2.24. The smallest absolute Gasteiger partial charge is 0.243 e. The Balaban J connectivity index is 1.66. The third kappa shape index (κ3) is 4.02. The van der Waals surface area contributed by atoms with Crippen molar-refractivity contribution in [2.75, 3.05) is 17.2 Å². The average Bonchev–Trinajstić information content (AvgIpc) is 2.63. The number of aryl methyl sites for hydroxylation is 1.